The molecule has 0 saturated carbocycles. The van der Waals surface area contributed by atoms with Crippen LogP contribution in [0.4, 0.5) is 0 Å². The summed E-state index contributed by atoms with van der Waals surface area (Å²) >= 11 is 0. The third kappa shape index (κ3) is 1.99. The lowest BCUT2D eigenvalue weighted by atomic mass is 10.0. The van der Waals surface area contributed by atoms with Crippen molar-refractivity contribution in [3.8, 4) is 22.4 Å². The number of pyridine rings is 1. The molecule has 4 aromatic rings. The number of aromatic nitrogens is 4. The highest BCUT2D eigenvalue weighted by Gasteiger charge is 2.12. The number of hydrogen-bond acceptors (Lipinski definition) is 4. The van der Waals surface area contributed by atoms with Gasteiger partial charge in [-0.3, -0.25) is 4.98 Å². The molecule has 0 unspecified atom stereocenters. The number of nitrogens with one attached hydrogen (secondary N) is 1. The SMILES string of the molecule is Cc1nc2c(-c3cccnc3)cc(-c3ccon3)cc2[nH]1. The van der Waals surface area contributed by atoms with Crippen molar-refractivity contribution in [1.29, 1.82) is 0 Å². The number of aromatic amines is 1. The van der Waals surface area contributed by atoms with Crippen LogP contribution in [0.25, 0.3) is 33.4 Å². The van der Waals surface area contributed by atoms with Crippen molar-refractivity contribution in [1.82, 2.24) is 20.1 Å². The van der Waals surface area contributed by atoms with Crippen LogP contribution < -0.4 is 0 Å². The van der Waals surface area contributed by atoms with Crippen molar-refractivity contribution < 1.29 is 4.52 Å². The summed E-state index contributed by atoms with van der Waals surface area (Å²) < 4.78 is 4.94. The second-order valence-corrected chi connectivity index (χ2v) is 4.87. The van der Waals surface area contributed by atoms with Crippen LogP contribution in [0.1, 0.15) is 5.82 Å². The van der Waals surface area contributed by atoms with Crippen LogP contribution in [0.5, 0.6) is 0 Å². The maximum absolute atomic E-state index is 4.94. The van der Waals surface area contributed by atoms with E-state index in [1.165, 1.54) is 0 Å². The Kier molecular flexibility index (Phi) is 2.57. The maximum Gasteiger partial charge on any atom is 0.124 e. The van der Waals surface area contributed by atoms with E-state index in [0.717, 1.165) is 39.2 Å². The maximum atomic E-state index is 4.94. The van der Waals surface area contributed by atoms with Crippen LogP contribution >= 0.6 is 0 Å². The van der Waals surface area contributed by atoms with Crippen LogP contribution in [-0.4, -0.2) is 20.1 Å². The molecule has 1 N–H and O–H groups in total. The van der Waals surface area contributed by atoms with Crippen molar-refractivity contribution >= 4 is 11.0 Å². The number of benzene rings is 1. The zero-order valence-corrected chi connectivity index (χ0v) is 11.4. The molecule has 0 saturated heterocycles. The molecule has 0 atom stereocenters. The number of rotatable bonds is 2. The Hall–Kier alpha value is -2.95. The number of nitrogens with zero attached hydrogens (tertiary/aromatic N) is 3. The van der Waals surface area contributed by atoms with Gasteiger partial charge in [-0.15, -0.1) is 0 Å². The summed E-state index contributed by atoms with van der Waals surface area (Å²) in [4.78, 5) is 12.1. The summed E-state index contributed by atoms with van der Waals surface area (Å²) in [5.41, 5.74) is 5.76. The number of imidazole rings is 1. The fraction of sp³-hybridized carbons (Fsp3) is 0.0625. The molecule has 0 radical (unpaired) electrons. The third-order valence-electron chi connectivity index (χ3n) is 3.41. The Bertz CT molecular complexity index is 895. The predicted molar refractivity (Wildman–Crippen MR) is 79.6 cm³/mol. The van der Waals surface area contributed by atoms with E-state index in [4.69, 9.17) is 4.52 Å². The summed E-state index contributed by atoms with van der Waals surface area (Å²) in [5.74, 6) is 0.882. The lowest BCUT2D eigenvalue weighted by Gasteiger charge is -2.05. The first-order chi connectivity index (χ1) is 10.3. The first-order valence-electron chi connectivity index (χ1n) is 6.63. The Balaban J connectivity index is 2.03. The minimum atomic E-state index is 0.800. The lowest BCUT2D eigenvalue weighted by Crippen LogP contribution is -1.85. The van der Waals surface area contributed by atoms with Gasteiger partial charge in [0.15, 0.2) is 0 Å². The van der Waals surface area contributed by atoms with E-state index in [1.807, 2.05) is 37.4 Å². The van der Waals surface area contributed by atoms with Crippen LogP contribution in [0.2, 0.25) is 0 Å². The minimum absolute atomic E-state index is 0.800. The molecule has 0 aliphatic carbocycles. The standard InChI is InChI=1S/C16H12N4O/c1-10-18-15-8-12(14-4-6-21-20-14)7-13(16(15)19-10)11-3-2-5-17-9-11/h2-9H,1H3,(H,18,19). The van der Waals surface area contributed by atoms with E-state index in [0.29, 0.717) is 0 Å². The van der Waals surface area contributed by atoms with Gasteiger partial charge in [-0.1, -0.05) is 11.2 Å². The average Bonchev–Trinajstić information content (AvgIpc) is 3.15. The first-order valence-corrected chi connectivity index (χ1v) is 6.63. The van der Waals surface area contributed by atoms with E-state index in [9.17, 15) is 0 Å². The predicted octanol–water partition coefficient (Wildman–Crippen LogP) is 3.59. The molecule has 5 heteroatoms. The fourth-order valence-electron chi connectivity index (χ4n) is 2.49. The molecule has 102 valence electrons. The zero-order chi connectivity index (χ0) is 14.2. The van der Waals surface area contributed by atoms with E-state index >= 15 is 0 Å². The van der Waals surface area contributed by atoms with Crippen LogP contribution in [0.3, 0.4) is 0 Å². The largest absolute Gasteiger partial charge is 0.364 e. The van der Waals surface area contributed by atoms with E-state index in [2.05, 4.69) is 26.2 Å². The molecule has 0 amide bonds. The molecule has 0 bridgehead atoms. The minimum Gasteiger partial charge on any atom is -0.364 e. The summed E-state index contributed by atoms with van der Waals surface area (Å²) in [6.07, 6.45) is 5.17. The molecule has 0 spiro atoms. The van der Waals surface area contributed by atoms with Crippen molar-refractivity contribution in [3.63, 3.8) is 0 Å². The number of aryl methyl sites for hydroxylation is 1. The van der Waals surface area contributed by atoms with Gasteiger partial charge in [0, 0.05) is 35.2 Å². The molecular formula is C16H12N4O. The average molecular weight is 276 g/mol. The highest BCUT2D eigenvalue weighted by atomic mass is 16.5. The number of fused-ring (bicyclic) bond motifs is 1. The molecular weight excluding hydrogens is 264 g/mol. The Morgan fingerprint density at radius 3 is 2.86 bits per heavy atom. The van der Waals surface area contributed by atoms with Crippen molar-refractivity contribution in [2.45, 2.75) is 6.92 Å². The summed E-state index contributed by atoms with van der Waals surface area (Å²) in [5, 5.41) is 4.01. The quantitative estimate of drug-likeness (QED) is 0.607. The molecule has 21 heavy (non-hydrogen) atoms. The summed E-state index contributed by atoms with van der Waals surface area (Å²) in [6.45, 7) is 1.95. The van der Waals surface area contributed by atoms with Gasteiger partial charge >= 0.3 is 0 Å². The van der Waals surface area contributed by atoms with Crippen molar-refractivity contribution in [2.75, 3.05) is 0 Å². The van der Waals surface area contributed by atoms with Crippen LogP contribution in [-0.2, 0) is 0 Å². The normalized spacial score (nSPS) is 11.1. The fourth-order valence-corrected chi connectivity index (χ4v) is 2.49. The van der Waals surface area contributed by atoms with Gasteiger partial charge in [0.1, 0.15) is 17.8 Å². The second kappa shape index (κ2) is 4.56. The van der Waals surface area contributed by atoms with Gasteiger partial charge in [0.2, 0.25) is 0 Å². The Morgan fingerprint density at radius 2 is 2.10 bits per heavy atom. The lowest BCUT2D eigenvalue weighted by molar-refractivity contribution is 0.422. The zero-order valence-electron chi connectivity index (χ0n) is 11.4. The van der Waals surface area contributed by atoms with Crippen molar-refractivity contribution in [2.24, 2.45) is 0 Å². The van der Waals surface area contributed by atoms with Crippen LogP contribution in [0, 0.1) is 6.92 Å². The Morgan fingerprint density at radius 1 is 1.14 bits per heavy atom. The topological polar surface area (TPSA) is 67.6 Å². The second-order valence-electron chi connectivity index (χ2n) is 4.87. The van der Waals surface area contributed by atoms with Crippen molar-refractivity contribution in [3.05, 3.63) is 54.8 Å². The van der Waals surface area contributed by atoms with Gasteiger partial charge in [-0.2, -0.15) is 0 Å². The highest BCUT2D eigenvalue weighted by Crippen LogP contribution is 2.32. The monoisotopic (exact) mass is 276 g/mol. The van der Waals surface area contributed by atoms with E-state index in [-0.39, 0.29) is 0 Å². The van der Waals surface area contributed by atoms with E-state index < -0.39 is 0 Å². The molecule has 3 heterocycles. The smallest absolute Gasteiger partial charge is 0.124 e. The molecule has 0 aliphatic heterocycles. The van der Waals surface area contributed by atoms with Gasteiger partial charge in [-0.25, -0.2) is 4.98 Å². The molecule has 0 aliphatic rings. The molecule has 0 fully saturated rings. The summed E-state index contributed by atoms with van der Waals surface area (Å²) in [6, 6.07) is 9.89. The molecule has 5 nitrogen and oxygen atoms in total. The van der Waals surface area contributed by atoms with Crippen LogP contribution in [0.15, 0.2) is 53.5 Å². The highest BCUT2D eigenvalue weighted by molar-refractivity contribution is 5.95. The molecule has 3 aromatic heterocycles. The molecule has 4 rings (SSSR count). The van der Waals surface area contributed by atoms with Gasteiger partial charge < -0.3 is 9.51 Å². The Labute approximate surface area is 120 Å². The molecule has 1 aromatic carbocycles. The van der Waals surface area contributed by atoms with Gasteiger partial charge in [0.05, 0.1) is 11.0 Å². The number of H-pyrrole nitrogens is 1. The van der Waals surface area contributed by atoms with Gasteiger partial charge in [-0.05, 0) is 25.1 Å². The number of hydrogen-bond donors (Lipinski definition) is 1. The first kappa shape index (κ1) is 11.8. The summed E-state index contributed by atoms with van der Waals surface area (Å²) in [7, 11) is 0. The van der Waals surface area contributed by atoms with Gasteiger partial charge in [0.25, 0.3) is 0 Å². The van der Waals surface area contributed by atoms with E-state index in [1.54, 1.807) is 12.5 Å². The third-order valence-corrected chi connectivity index (χ3v) is 3.41.